The van der Waals surface area contributed by atoms with E-state index in [1.54, 1.807) is 12.1 Å². The third-order valence-corrected chi connectivity index (χ3v) is 3.95. The topological polar surface area (TPSA) is 43.1 Å². The molecule has 0 saturated carbocycles. The van der Waals surface area contributed by atoms with Crippen molar-refractivity contribution in [1.29, 1.82) is 0 Å². The number of halogens is 2. The lowest BCUT2D eigenvalue weighted by molar-refractivity contribution is -0.384. The average molecular weight is 383 g/mol. The van der Waals surface area contributed by atoms with Gasteiger partial charge in [-0.1, -0.05) is 50.1 Å². The highest BCUT2D eigenvalue weighted by molar-refractivity contribution is 9.15. The molecule has 0 aliphatic heterocycles. The molecule has 0 bridgehead atoms. The predicted molar refractivity (Wildman–Crippen MR) is 84.0 cm³/mol. The second-order valence-electron chi connectivity index (χ2n) is 3.82. The zero-order valence-electron chi connectivity index (χ0n) is 9.72. The quantitative estimate of drug-likeness (QED) is 0.413. The summed E-state index contributed by atoms with van der Waals surface area (Å²) < 4.78 is 1.86. The molecule has 0 fully saturated rings. The normalized spacial score (nSPS) is 11.4. The third-order valence-electron chi connectivity index (χ3n) is 2.54. The maximum atomic E-state index is 10.6. The standard InChI is InChI=1S/C14H9Br2NO2/c15-13-4-2-1-3-11(13)9-14(16)10-5-7-12(8-6-10)17(18)19/h1-9H. The molecule has 0 spiro atoms. The van der Waals surface area contributed by atoms with Crippen molar-refractivity contribution in [2.24, 2.45) is 0 Å². The SMILES string of the molecule is O=[N+]([O-])c1ccc(C(Br)=Cc2ccccc2Br)cc1. The molecule has 0 saturated heterocycles. The fourth-order valence-electron chi connectivity index (χ4n) is 1.55. The molecule has 0 radical (unpaired) electrons. The van der Waals surface area contributed by atoms with Gasteiger partial charge < -0.3 is 0 Å². The number of benzene rings is 2. The van der Waals surface area contributed by atoms with Crippen LogP contribution in [0.2, 0.25) is 0 Å². The van der Waals surface area contributed by atoms with Crippen molar-refractivity contribution < 1.29 is 4.92 Å². The molecule has 2 rings (SSSR count). The van der Waals surface area contributed by atoms with Gasteiger partial charge in [-0.15, -0.1) is 0 Å². The monoisotopic (exact) mass is 381 g/mol. The van der Waals surface area contributed by atoms with E-state index in [2.05, 4.69) is 31.9 Å². The van der Waals surface area contributed by atoms with E-state index >= 15 is 0 Å². The summed E-state index contributed by atoms with van der Waals surface area (Å²) >= 11 is 6.96. The lowest BCUT2D eigenvalue weighted by Gasteiger charge is -2.02. The number of nitro benzene ring substituents is 1. The van der Waals surface area contributed by atoms with Gasteiger partial charge in [0.25, 0.3) is 5.69 Å². The van der Waals surface area contributed by atoms with Crippen molar-refractivity contribution in [3.05, 3.63) is 74.2 Å². The van der Waals surface area contributed by atoms with Crippen molar-refractivity contribution in [1.82, 2.24) is 0 Å². The number of rotatable bonds is 3. The Balaban J connectivity index is 2.31. The molecule has 19 heavy (non-hydrogen) atoms. The summed E-state index contributed by atoms with van der Waals surface area (Å²) in [6.07, 6.45) is 1.96. The molecule has 2 aromatic rings. The maximum absolute atomic E-state index is 10.6. The first-order chi connectivity index (χ1) is 9.08. The van der Waals surface area contributed by atoms with Gasteiger partial charge in [-0.25, -0.2) is 0 Å². The highest BCUT2D eigenvalue weighted by Gasteiger charge is 2.06. The van der Waals surface area contributed by atoms with Gasteiger partial charge in [-0.3, -0.25) is 10.1 Å². The first kappa shape index (κ1) is 14.0. The fraction of sp³-hybridized carbons (Fsp3) is 0. The van der Waals surface area contributed by atoms with Gasteiger partial charge in [-0.2, -0.15) is 0 Å². The Bertz CT molecular complexity index is 636. The van der Waals surface area contributed by atoms with Crippen molar-refractivity contribution in [2.45, 2.75) is 0 Å². The third kappa shape index (κ3) is 3.52. The van der Waals surface area contributed by atoms with E-state index in [1.165, 1.54) is 12.1 Å². The van der Waals surface area contributed by atoms with Gasteiger partial charge in [0, 0.05) is 21.1 Å². The van der Waals surface area contributed by atoms with Crippen LogP contribution in [0.15, 0.2) is 53.0 Å². The van der Waals surface area contributed by atoms with E-state index in [1.807, 2.05) is 30.3 Å². The zero-order valence-corrected chi connectivity index (χ0v) is 12.9. The van der Waals surface area contributed by atoms with E-state index in [0.717, 1.165) is 20.1 Å². The summed E-state index contributed by atoms with van der Waals surface area (Å²) in [6, 6.07) is 14.3. The minimum absolute atomic E-state index is 0.0879. The molecule has 3 nitrogen and oxygen atoms in total. The molecule has 0 aromatic heterocycles. The molecular formula is C14H9Br2NO2. The van der Waals surface area contributed by atoms with Gasteiger partial charge in [0.15, 0.2) is 0 Å². The number of hydrogen-bond acceptors (Lipinski definition) is 2. The molecule has 0 N–H and O–H groups in total. The van der Waals surface area contributed by atoms with Crippen LogP contribution in [0.1, 0.15) is 11.1 Å². The zero-order chi connectivity index (χ0) is 13.8. The summed E-state index contributed by atoms with van der Waals surface area (Å²) in [6.45, 7) is 0. The highest BCUT2D eigenvalue weighted by Crippen LogP contribution is 2.28. The van der Waals surface area contributed by atoms with Crippen LogP contribution in [0.25, 0.3) is 10.6 Å². The summed E-state index contributed by atoms with van der Waals surface area (Å²) in [7, 11) is 0. The summed E-state index contributed by atoms with van der Waals surface area (Å²) in [4.78, 5) is 10.2. The van der Waals surface area contributed by atoms with E-state index < -0.39 is 4.92 Å². The van der Waals surface area contributed by atoms with E-state index in [0.29, 0.717) is 0 Å². The minimum atomic E-state index is -0.408. The molecule has 0 amide bonds. The Kier molecular flexibility index (Phi) is 4.50. The lowest BCUT2D eigenvalue weighted by atomic mass is 10.1. The summed E-state index contributed by atoms with van der Waals surface area (Å²) in [5.74, 6) is 0. The number of non-ortho nitro benzene ring substituents is 1. The number of nitro groups is 1. The van der Waals surface area contributed by atoms with Gasteiger partial charge in [0.05, 0.1) is 4.92 Å². The average Bonchev–Trinajstić information content (AvgIpc) is 2.41. The van der Waals surface area contributed by atoms with E-state index in [4.69, 9.17) is 0 Å². The molecule has 0 atom stereocenters. The lowest BCUT2D eigenvalue weighted by Crippen LogP contribution is -1.87. The maximum Gasteiger partial charge on any atom is 0.269 e. The highest BCUT2D eigenvalue weighted by atomic mass is 79.9. The molecule has 5 heteroatoms. The molecular weight excluding hydrogens is 374 g/mol. The first-order valence-electron chi connectivity index (χ1n) is 5.44. The Morgan fingerprint density at radius 2 is 1.74 bits per heavy atom. The van der Waals surface area contributed by atoms with E-state index in [-0.39, 0.29) is 5.69 Å². The second-order valence-corrected chi connectivity index (χ2v) is 5.53. The Morgan fingerprint density at radius 1 is 1.11 bits per heavy atom. The van der Waals surface area contributed by atoms with Crippen LogP contribution in [-0.4, -0.2) is 4.92 Å². The fourth-order valence-corrected chi connectivity index (χ4v) is 2.46. The van der Waals surface area contributed by atoms with Gasteiger partial charge in [0.1, 0.15) is 0 Å². The van der Waals surface area contributed by atoms with Crippen LogP contribution in [0, 0.1) is 10.1 Å². The van der Waals surface area contributed by atoms with Gasteiger partial charge >= 0.3 is 0 Å². The van der Waals surface area contributed by atoms with E-state index in [9.17, 15) is 10.1 Å². The van der Waals surface area contributed by atoms with Crippen LogP contribution < -0.4 is 0 Å². The molecule has 96 valence electrons. The van der Waals surface area contributed by atoms with Gasteiger partial charge in [-0.05, 0) is 35.4 Å². The molecule has 0 aliphatic carbocycles. The predicted octanol–water partition coefficient (Wildman–Crippen LogP) is 5.25. The second kappa shape index (κ2) is 6.12. The Hall–Kier alpha value is -1.46. The molecule has 2 aromatic carbocycles. The number of hydrogen-bond donors (Lipinski definition) is 0. The van der Waals surface area contributed by atoms with Crippen molar-refractivity contribution in [2.75, 3.05) is 0 Å². The van der Waals surface area contributed by atoms with Crippen molar-refractivity contribution in [3.63, 3.8) is 0 Å². The minimum Gasteiger partial charge on any atom is -0.258 e. The Morgan fingerprint density at radius 3 is 2.32 bits per heavy atom. The Labute approximate surface area is 127 Å². The van der Waals surface area contributed by atoms with Crippen molar-refractivity contribution >= 4 is 48.1 Å². The summed E-state index contributed by atoms with van der Waals surface area (Å²) in [5, 5.41) is 10.6. The van der Waals surface area contributed by atoms with Crippen LogP contribution in [0.5, 0.6) is 0 Å². The number of nitrogens with zero attached hydrogens (tertiary/aromatic N) is 1. The first-order valence-corrected chi connectivity index (χ1v) is 7.03. The van der Waals surface area contributed by atoms with Crippen molar-refractivity contribution in [3.8, 4) is 0 Å². The van der Waals surface area contributed by atoms with Crippen LogP contribution >= 0.6 is 31.9 Å². The van der Waals surface area contributed by atoms with Crippen LogP contribution in [0.4, 0.5) is 5.69 Å². The van der Waals surface area contributed by atoms with Crippen LogP contribution in [0.3, 0.4) is 0 Å². The largest absolute Gasteiger partial charge is 0.269 e. The molecule has 0 unspecified atom stereocenters. The van der Waals surface area contributed by atoms with Crippen LogP contribution in [-0.2, 0) is 0 Å². The summed E-state index contributed by atoms with van der Waals surface area (Å²) in [5.41, 5.74) is 2.01. The smallest absolute Gasteiger partial charge is 0.258 e. The molecule has 0 heterocycles. The van der Waals surface area contributed by atoms with Gasteiger partial charge in [0.2, 0.25) is 0 Å². The molecule has 0 aliphatic rings.